The molecule has 32 heavy (non-hydrogen) atoms. The van der Waals surface area contributed by atoms with E-state index in [0.717, 1.165) is 62.6 Å². The van der Waals surface area contributed by atoms with Gasteiger partial charge in [0.25, 0.3) is 0 Å². The SMILES string of the molecule is COS(=O)(=O)O.COc1cc2ccc3c4cc5c(cc4c[n+](C)c3c2cc1OC)OCO5. The van der Waals surface area contributed by atoms with Gasteiger partial charge in [0.15, 0.2) is 29.2 Å². The van der Waals surface area contributed by atoms with Crippen LogP contribution >= 0.6 is 0 Å². The highest BCUT2D eigenvalue weighted by Gasteiger charge is 2.21. The van der Waals surface area contributed by atoms with Crippen LogP contribution in [0.3, 0.4) is 0 Å². The summed E-state index contributed by atoms with van der Waals surface area (Å²) in [5, 5.41) is 5.62. The highest BCUT2D eigenvalue weighted by Crippen LogP contribution is 2.40. The lowest BCUT2D eigenvalue weighted by atomic mass is 10.0. The second-order valence-electron chi connectivity index (χ2n) is 7.02. The highest BCUT2D eigenvalue weighted by molar-refractivity contribution is 7.80. The number of aromatic nitrogens is 1. The summed E-state index contributed by atoms with van der Waals surface area (Å²) < 4.78 is 53.9. The van der Waals surface area contributed by atoms with Gasteiger partial charge in [0.2, 0.25) is 12.3 Å². The van der Waals surface area contributed by atoms with Crippen molar-refractivity contribution in [3.05, 3.63) is 42.6 Å². The van der Waals surface area contributed by atoms with E-state index in [4.69, 9.17) is 23.5 Å². The zero-order valence-corrected chi connectivity index (χ0v) is 18.7. The molecule has 0 unspecified atom stereocenters. The molecular formula is C22H22NO8S+. The predicted octanol–water partition coefficient (Wildman–Crippen LogP) is 3.15. The lowest BCUT2D eigenvalue weighted by Crippen LogP contribution is -2.28. The van der Waals surface area contributed by atoms with Crippen LogP contribution in [0.1, 0.15) is 0 Å². The van der Waals surface area contributed by atoms with Crippen molar-refractivity contribution in [3.63, 3.8) is 0 Å². The Labute approximate surface area is 184 Å². The number of fused-ring (bicyclic) bond motifs is 6. The molecule has 2 heterocycles. The third-order valence-electron chi connectivity index (χ3n) is 5.23. The molecule has 3 aromatic carbocycles. The minimum Gasteiger partial charge on any atom is -0.493 e. The van der Waals surface area contributed by atoms with Gasteiger partial charge in [0, 0.05) is 5.39 Å². The summed E-state index contributed by atoms with van der Waals surface area (Å²) in [6.07, 6.45) is 2.12. The second-order valence-corrected chi connectivity index (χ2v) is 8.21. The smallest absolute Gasteiger partial charge is 0.397 e. The van der Waals surface area contributed by atoms with E-state index < -0.39 is 10.4 Å². The maximum Gasteiger partial charge on any atom is 0.397 e. The fourth-order valence-corrected chi connectivity index (χ4v) is 3.80. The van der Waals surface area contributed by atoms with Crippen molar-refractivity contribution in [1.82, 2.24) is 0 Å². The molecule has 0 radical (unpaired) electrons. The Morgan fingerprint density at radius 3 is 2.12 bits per heavy atom. The van der Waals surface area contributed by atoms with Gasteiger partial charge in [-0.1, -0.05) is 6.07 Å². The van der Waals surface area contributed by atoms with Crippen LogP contribution in [-0.4, -0.2) is 41.1 Å². The van der Waals surface area contributed by atoms with E-state index in [9.17, 15) is 8.42 Å². The molecule has 4 aromatic rings. The molecule has 10 heteroatoms. The maximum absolute atomic E-state index is 9.33. The first-order chi connectivity index (χ1) is 15.3. The minimum absolute atomic E-state index is 0.273. The van der Waals surface area contributed by atoms with Crippen LogP contribution in [0, 0.1) is 0 Å². The number of benzene rings is 3. The normalized spacial score (nSPS) is 12.7. The number of hydrogen-bond donors (Lipinski definition) is 1. The molecule has 168 valence electrons. The Balaban J connectivity index is 0.000000363. The number of nitrogens with zero attached hydrogens (tertiary/aromatic N) is 1. The van der Waals surface area contributed by atoms with E-state index in [1.165, 1.54) is 0 Å². The van der Waals surface area contributed by atoms with Crippen molar-refractivity contribution in [2.45, 2.75) is 0 Å². The van der Waals surface area contributed by atoms with Crippen LogP contribution < -0.4 is 23.5 Å². The summed E-state index contributed by atoms with van der Waals surface area (Å²) in [6, 6.07) is 12.4. The number of hydrogen-bond acceptors (Lipinski definition) is 7. The number of methoxy groups -OCH3 is 2. The molecule has 0 saturated carbocycles. The number of pyridine rings is 1. The summed E-state index contributed by atoms with van der Waals surface area (Å²) >= 11 is 0. The lowest BCUT2D eigenvalue weighted by molar-refractivity contribution is -0.642. The van der Waals surface area contributed by atoms with Gasteiger partial charge in [0.1, 0.15) is 7.05 Å². The predicted molar refractivity (Wildman–Crippen MR) is 118 cm³/mol. The van der Waals surface area contributed by atoms with Crippen LogP contribution in [0.4, 0.5) is 0 Å². The zero-order chi connectivity index (χ0) is 23.0. The number of aryl methyl sites for hydroxylation is 1. The van der Waals surface area contributed by atoms with Crippen LogP contribution in [0.5, 0.6) is 23.0 Å². The van der Waals surface area contributed by atoms with Gasteiger partial charge < -0.3 is 18.9 Å². The lowest BCUT2D eigenvalue weighted by Gasteiger charge is -2.11. The first kappa shape index (κ1) is 21.9. The van der Waals surface area contributed by atoms with Gasteiger partial charge >= 0.3 is 10.4 Å². The van der Waals surface area contributed by atoms with Gasteiger partial charge in [-0.15, -0.1) is 0 Å². The van der Waals surface area contributed by atoms with Crippen molar-refractivity contribution in [2.75, 3.05) is 28.1 Å². The molecule has 0 spiro atoms. The summed E-state index contributed by atoms with van der Waals surface area (Å²) in [6.45, 7) is 0.273. The first-order valence-corrected chi connectivity index (χ1v) is 10.9. The van der Waals surface area contributed by atoms with Crippen LogP contribution in [0.25, 0.3) is 32.4 Å². The summed E-state index contributed by atoms with van der Waals surface area (Å²) in [5.74, 6) is 3.04. The molecule has 1 N–H and O–H groups in total. The van der Waals surface area contributed by atoms with Crippen molar-refractivity contribution in [3.8, 4) is 23.0 Å². The molecule has 9 nitrogen and oxygen atoms in total. The van der Waals surface area contributed by atoms with E-state index in [0.29, 0.717) is 0 Å². The Kier molecular flexibility index (Phi) is 5.68. The van der Waals surface area contributed by atoms with Gasteiger partial charge in [0.05, 0.1) is 37.5 Å². The molecule has 0 amide bonds. The number of ether oxygens (including phenoxy) is 4. The van der Waals surface area contributed by atoms with E-state index in [-0.39, 0.29) is 6.79 Å². The topological polar surface area (TPSA) is 104 Å². The molecule has 0 fully saturated rings. The molecule has 5 rings (SSSR count). The average Bonchev–Trinajstić information content (AvgIpc) is 3.23. The summed E-state index contributed by atoms with van der Waals surface area (Å²) in [7, 11) is 2.08. The molecule has 1 aromatic heterocycles. The summed E-state index contributed by atoms with van der Waals surface area (Å²) in [5.41, 5.74) is 1.13. The minimum atomic E-state index is -4.16. The molecule has 1 aliphatic rings. The highest BCUT2D eigenvalue weighted by atomic mass is 32.3. The van der Waals surface area contributed by atoms with Crippen molar-refractivity contribution >= 4 is 42.8 Å². The van der Waals surface area contributed by atoms with Crippen LogP contribution in [0.2, 0.25) is 0 Å². The van der Waals surface area contributed by atoms with E-state index in [1.54, 1.807) is 14.2 Å². The Morgan fingerprint density at radius 1 is 0.875 bits per heavy atom. The van der Waals surface area contributed by atoms with Crippen LogP contribution in [0.15, 0.2) is 42.6 Å². The molecule has 0 bridgehead atoms. The third-order valence-corrected chi connectivity index (χ3v) is 5.65. The molecular weight excluding hydrogens is 438 g/mol. The van der Waals surface area contributed by atoms with E-state index in [2.05, 4.69) is 40.2 Å². The number of rotatable bonds is 3. The molecule has 1 aliphatic heterocycles. The first-order valence-electron chi connectivity index (χ1n) is 9.49. The second kappa shape index (κ2) is 8.30. The van der Waals surface area contributed by atoms with E-state index >= 15 is 0 Å². The van der Waals surface area contributed by atoms with Crippen molar-refractivity contribution in [1.29, 1.82) is 0 Å². The molecule has 0 aliphatic carbocycles. The Bertz CT molecular complexity index is 1450. The zero-order valence-electron chi connectivity index (χ0n) is 17.9. The largest absolute Gasteiger partial charge is 0.493 e. The maximum atomic E-state index is 9.33. The van der Waals surface area contributed by atoms with Crippen LogP contribution in [-0.2, 0) is 21.6 Å². The fourth-order valence-electron chi connectivity index (χ4n) is 3.80. The Hall–Kier alpha value is -3.34. The molecule has 0 saturated heterocycles. The van der Waals surface area contributed by atoms with Gasteiger partial charge in [-0.3, -0.25) is 8.74 Å². The van der Waals surface area contributed by atoms with Gasteiger partial charge in [-0.25, -0.2) is 0 Å². The summed E-state index contributed by atoms with van der Waals surface area (Å²) in [4.78, 5) is 0. The fraction of sp³-hybridized carbons (Fsp3) is 0.227. The van der Waals surface area contributed by atoms with E-state index in [1.807, 2.05) is 18.2 Å². The van der Waals surface area contributed by atoms with Crippen molar-refractivity contribution < 1.29 is 40.7 Å². The quantitative estimate of drug-likeness (QED) is 0.283. The van der Waals surface area contributed by atoms with Crippen molar-refractivity contribution in [2.24, 2.45) is 7.05 Å². The average molecular weight is 460 g/mol. The van der Waals surface area contributed by atoms with Gasteiger partial charge in [-0.05, 0) is 35.7 Å². The molecule has 0 atom stereocenters. The third kappa shape index (κ3) is 3.95. The monoisotopic (exact) mass is 460 g/mol. The van der Waals surface area contributed by atoms with Gasteiger partial charge in [-0.2, -0.15) is 13.0 Å². The standard InChI is InChI=1S/C21H18NO4.CH4O4S/c1-22-10-13-7-19-20(26-11-25-19)8-15(13)14-5-4-12-6-17(23-2)18(24-3)9-16(12)21(14)22;1-5-6(2,3)4/h4-10H,11H2,1-3H3;1H3,(H,2,3,4)/q+1;. The Morgan fingerprint density at radius 2 is 1.50 bits per heavy atom.